The molecule has 0 heterocycles. The van der Waals surface area contributed by atoms with E-state index in [4.69, 9.17) is 0 Å². The maximum atomic E-state index is 12.3. The normalized spacial score (nSPS) is 11.2. The Bertz CT molecular complexity index is 359. The van der Waals surface area contributed by atoms with Crippen LogP contribution in [0.4, 0.5) is 14.5 Å². The zero-order valence-electron chi connectivity index (χ0n) is 8.77. The minimum atomic E-state index is -3.31. The molecule has 0 aliphatic carbocycles. The van der Waals surface area contributed by atoms with Gasteiger partial charge in [0.05, 0.1) is 0 Å². The molecule has 88 valence electrons. The monoisotopic (exact) mass is 247 g/mol. The van der Waals surface area contributed by atoms with E-state index in [1.54, 1.807) is 12.1 Å². The number of amides is 1. The van der Waals surface area contributed by atoms with Crippen LogP contribution < -0.4 is 5.32 Å². The molecule has 0 fully saturated rings. The number of benzene rings is 1. The molecule has 0 bridgehead atoms. The van der Waals surface area contributed by atoms with Gasteiger partial charge in [-0.15, -0.1) is 0 Å². The van der Waals surface area contributed by atoms with Crippen LogP contribution in [0.15, 0.2) is 24.3 Å². The fraction of sp³-hybridized carbons (Fsp3) is 0.364. The van der Waals surface area contributed by atoms with Crippen molar-refractivity contribution in [1.29, 1.82) is 0 Å². The summed E-state index contributed by atoms with van der Waals surface area (Å²) in [6.07, 6.45) is -0.962. The van der Waals surface area contributed by atoms with E-state index in [0.29, 0.717) is 5.69 Å². The van der Waals surface area contributed by atoms with Crippen molar-refractivity contribution >= 4 is 23.2 Å². The van der Waals surface area contributed by atoms with Gasteiger partial charge in [-0.25, -0.2) is 0 Å². The average Bonchev–Trinajstić information content (AvgIpc) is 2.18. The highest BCUT2D eigenvalue weighted by atomic mass is 35.5. The Kier molecular flexibility index (Phi) is 4.24. The van der Waals surface area contributed by atoms with Gasteiger partial charge in [0.2, 0.25) is 5.91 Å². The van der Waals surface area contributed by atoms with Crippen molar-refractivity contribution in [1.82, 2.24) is 0 Å². The number of carbonyl (C=O) groups is 1. The van der Waals surface area contributed by atoms with E-state index in [2.05, 4.69) is 16.9 Å². The highest BCUT2D eigenvalue weighted by Gasteiger charge is 2.25. The number of hydrogen-bond acceptors (Lipinski definition) is 1. The number of alkyl halides is 3. The van der Waals surface area contributed by atoms with Gasteiger partial charge >= 0.3 is 5.38 Å². The Morgan fingerprint density at radius 2 is 1.94 bits per heavy atom. The first-order valence-electron chi connectivity index (χ1n) is 4.80. The lowest BCUT2D eigenvalue weighted by atomic mass is 10.2. The van der Waals surface area contributed by atoms with Gasteiger partial charge in [-0.1, -0.05) is 17.7 Å². The van der Waals surface area contributed by atoms with Crippen molar-refractivity contribution in [2.45, 2.75) is 25.1 Å². The van der Waals surface area contributed by atoms with Crippen molar-refractivity contribution in [2.24, 2.45) is 0 Å². The fourth-order valence-electron chi connectivity index (χ4n) is 1.12. The predicted octanol–water partition coefficient (Wildman–Crippen LogP) is 3.55. The summed E-state index contributed by atoms with van der Waals surface area (Å²) in [4.78, 5) is 11.2. The lowest BCUT2D eigenvalue weighted by Gasteiger charge is -2.08. The van der Waals surface area contributed by atoms with Crippen LogP contribution >= 0.6 is 11.6 Å². The first kappa shape index (κ1) is 12.9. The summed E-state index contributed by atoms with van der Waals surface area (Å²) in [6.45, 7) is 1.92. The summed E-state index contributed by atoms with van der Waals surface area (Å²) in [5, 5.41) is -0.804. The second-order valence-electron chi connectivity index (χ2n) is 3.53. The minimum absolute atomic E-state index is 0.301. The predicted molar refractivity (Wildman–Crippen MR) is 59.8 cm³/mol. The molecule has 1 amide bonds. The zero-order valence-corrected chi connectivity index (χ0v) is 9.52. The standard InChI is InChI=1S/C11H12ClF2NO/c1-8-2-4-9(5-3-8)15-10(16)6-7-11(12,13)14/h2-5H,6-7H2,1H3,(H,15,16). The van der Waals surface area contributed by atoms with Gasteiger partial charge in [0.25, 0.3) is 0 Å². The van der Waals surface area contributed by atoms with Crippen LogP contribution in [-0.2, 0) is 4.79 Å². The molecule has 1 N–H and O–H groups in total. The quantitative estimate of drug-likeness (QED) is 0.810. The van der Waals surface area contributed by atoms with Crippen LogP contribution in [0.5, 0.6) is 0 Å². The van der Waals surface area contributed by atoms with Crippen LogP contribution in [0, 0.1) is 6.92 Å². The minimum Gasteiger partial charge on any atom is -0.326 e. The molecule has 0 radical (unpaired) electrons. The smallest absolute Gasteiger partial charge is 0.322 e. The molecule has 1 aromatic carbocycles. The number of rotatable bonds is 4. The first-order chi connectivity index (χ1) is 7.37. The van der Waals surface area contributed by atoms with E-state index < -0.39 is 17.7 Å². The van der Waals surface area contributed by atoms with Gasteiger partial charge in [-0.05, 0) is 30.7 Å². The molecule has 0 spiro atoms. The first-order valence-corrected chi connectivity index (χ1v) is 5.18. The van der Waals surface area contributed by atoms with Crippen molar-refractivity contribution in [3.63, 3.8) is 0 Å². The summed E-state index contributed by atoms with van der Waals surface area (Å²) >= 11 is 4.69. The fourth-order valence-corrected chi connectivity index (χ4v) is 1.21. The number of hydrogen-bond donors (Lipinski definition) is 1. The third-order valence-corrected chi connectivity index (χ3v) is 2.16. The third-order valence-electron chi connectivity index (χ3n) is 1.97. The number of nitrogens with one attached hydrogen (secondary N) is 1. The molecule has 0 unspecified atom stereocenters. The molecule has 0 aliphatic heterocycles. The molecule has 0 aromatic heterocycles. The molecule has 0 saturated carbocycles. The van der Waals surface area contributed by atoms with E-state index in [0.717, 1.165) is 5.56 Å². The van der Waals surface area contributed by atoms with Crippen LogP contribution in [0.3, 0.4) is 0 Å². The molecule has 0 saturated heterocycles. The van der Waals surface area contributed by atoms with Crippen molar-refractivity contribution in [3.8, 4) is 0 Å². The lowest BCUT2D eigenvalue weighted by molar-refractivity contribution is -0.117. The maximum absolute atomic E-state index is 12.3. The van der Waals surface area contributed by atoms with Gasteiger partial charge < -0.3 is 5.32 Å². The lowest BCUT2D eigenvalue weighted by Crippen LogP contribution is -2.15. The number of anilines is 1. The molecule has 2 nitrogen and oxygen atoms in total. The Balaban J connectivity index is 2.43. The highest BCUT2D eigenvalue weighted by molar-refractivity contribution is 6.21. The Labute approximate surface area is 97.6 Å². The Morgan fingerprint density at radius 1 is 1.38 bits per heavy atom. The molecular weight excluding hydrogens is 236 g/mol. The summed E-state index contributed by atoms with van der Waals surface area (Å²) in [5.74, 6) is -0.468. The second-order valence-corrected chi connectivity index (χ2v) is 4.08. The maximum Gasteiger partial charge on any atom is 0.322 e. The van der Waals surface area contributed by atoms with Crippen molar-refractivity contribution in [2.75, 3.05) is 5.32 Å². The zero-order chi connectivity index (χ0) is 12.2. The summed E-state index contributed by atoms with van der Waals surface area (Å²) in [7, 11) is 0. The molecule has 0 aliphatic rings. The Hall–Kier alpha value is -1.16. The van der Waals surface area contributed by atoms with Crippen LogP contribution in [0.25, 0.3) is 0 Å². The highest BCUT2D eigenvalue weighted by Crippen LogP contribution is 2.24. The van der Waals surface area contributed by atoms with E-state index in [-0.39, 0.29) is 6.42 Å². The summed E-state index contributed by atoms with van der Waals surface area (Å²) < 4.78 is 24.5. The number of carbonyl (C=O) groups excluding carboxylic acids is 1. The van der Waals surface area contributed by atoms with E-state index in [1.165, 1.54) is 0 Å². The molecule has 0 atom stereocenters. The third kappa shape index (κ3) is 5.07. The van der Waals surface area contributed by atoms with Crippen LogP contribution in [-0.4, -0.2) is 11.3 Å². The topological polar surface area (TPSA) is 29.1 Å². The summed E-state index contributed by atoms with van der Waals surface area (Å²) in [5.41, 5.74) is 1.65. The molecule has 5 heteroatoms. The van der Waals surface area contributed by atoms with Gasteiger partial charge in [0, 0.05) is 18.5 Å². The molecule has 1 rings (SSSR count). The van der Waals surface area contributed by atoms with E-state index in [1.807, 2.05) is 19.1 Å². The van der Waals surface area contributed by atoms with Gasteiger partial charge in [0.1, 0.15) is 0 Å². The number of halogens is 3. The van der Waals surface area contributed by atoms with Gasteiger partial charge in [0.15, 0.2) is 0 Å². The van der Waals surface area contributed by atoms with Gasteiger partial charge in [-0.3, -0.25) is 4.79 Å². The largest absolute Gasteiger partial charge is 0.326 e. The van der Waals surface area contributed by atoms with Crippen molar-refractivity contribution in [3.05, 3.63) is 29.8 Å². The Morgan fingerprint density at radius 3 is 2.44 bits per heavy atom. The molecule has 1 aromatic rings. The number of aryl methyl sites for hydroxylation is 1. The second kappa shape index (κ2) is 5.25. The van der Waals surface area contributed by atoms with Crippen LogP contribution in [0.2, 0.25) is 0 Å². The SMILES string of the molecule is Cc1ccc(NC(=O)CCC(F)(F)Cl)cc1. The molecular formula is C11H12ClF2NO. The molecule has 16 heavy (non-hydrogen) atoms. The van der Waals surface area contributed by atoms with E-state index in [9.17, 15) is 13.6 Å². The van der Waals surface area contributed by atoms with Crippen LogP contribution in [0.1, 0.15) is 18.4 Å². The van der Waals surface area contributed by atoms with E-state index >= 15 is 0 Å². The van der Waals surface area contributed by atoms with Gasteiger partial charge in [-0.2, -0.15) is 8.78 Å². The summed E-state index contributed by atoms with van der Waals surface area (Å²) in [6, 6.07) is 7.08. The average molecular weight is 248 g/mol. The van der Waals surface area contributed by atoms with Crippen molar-refractivity contribution < 1.29 is 13.6 Å².